The highest BCUT2D eigenvalue weighted by atomic mass is 16.5. The first-order valence-corrected chi connectivity index (χ1v) is 8.58. The first-order chi connectivity index (χ1) is 10.2. The monoisotopic (exact) mass is 290 g/mol. The second-order valence-electron chi connectivity index (χ2n) is 6.42. The molecule has 1 aromatic carbocycles. The van der Waals surface area contributed by atoms with Gasteiger partial charge in [0.1, 0.15) is 11.9 Å². The van der Waals surface area contributed by atoms with Crippen LogP contribution in [0, 0.1) is 0 Å². The smallest absolute Gasteiger partial charge is 0.119 e. The van der Waals surface area contributed by atoms with Crippen LogP contribution >= 0.6 is 0 Å². The van der Waals surface area contributed by atoms with Crippen molar-refractivity contribution < 1.29 is 9.47 Å². The second-order valence-corrected chi connectivity index (χ2v) is 6.42. The molecule has 2 atom stereocenters. The van der Waals surface area contributed by atoms with Gasteiger partial charge in [-0.2, -0.15) is 0 Å². The molecule has 118 valence electrons. The highest BCUT2D eigenvalue weighted by Gasteiger charge is 2.25. The summed E-state index contributed by atoms with van der Waals surface area (Å²) < 4.78 is 11.9. The molecule has 1 fully saturated rings. The molecule has 21 heavy (non-hydrogen) atoms. The van der Waals surface area contributed by atoms with Crippen LogP contribution in [0.25, 0.3) is 0 Å². The van der Waals surface area contributed by atoms with Crippen molar-refractivity contribution in [3.05, 3.63) is 29.8 Å². The van der Waals surface area contributed by atoms with Crippen molar-refractivity contribution in [2.75, 3.05) is 0 Å². The van der Waals surface area contributed by atoms with Gasteiger partial charge in [0.05, 0.1) is 12.2 Å². The lowest BCUT2D eigenvalue weighted by Gasteiger charge is -2.32. The van der Waals surface area contributed by atoms with Gasteiger partial charge in [0.15, 0.2) is 0 Å². The first-order valence-electron chi connectivity index (χ1n) is 8.58. The Morgan fingerprint density at radius 2 is 1.67 bits per heavy atom. The summed E-state index contributed by atoms with van der Waals surface area (Å²) in [5.74, 6) is 0.999. The number of hydrogen-bond acceptors (Lipinski definition) is 2. The molecule has 2 heteroatoms. The molecule has 1 aliphatic rings. The molecule has 1 aromatic rings. The van der Waals surface area contributed by atoms with E-state index in [-0.39, 0.29) is 0 Å². The predicted octanol–water partition coefficient (Wildman–Crippen LogP) is 5.14. The van der Waals surface area contributed by atoms with Crippen LogP contribution in [-0.4, -0.2) is 18.3 Å². The van der Waals surface area contributed by atoms with E-state index in [9.17, 15) is 0 Å². The second kappa shape index (κ2) is 8.43. The maximum atomic E-state index is 6.11. The number of aryl methyl sites for hydroxylation is 1. The normalized spacial score (nSPS) is 25.8. The summed E-state index contributed by atoms with van der Waals surface area (Å²) in [6.07, 6.45) is 9.34. The molecule has 0 aromatic heterocycles. The number of benzene rings is 1. The number of rotatable bonds is 7. The van der Waals surface area contributed by atoms with Crippen molar-refractivity contribution in [2.24, 2.45) is 0 Å². The summed E-state index contributed by atoms with van der Waals surface area (Å²) in [7, 11) is 0. The van der Waals surface area contributed by atoms with E-state index in [1.807, 2.05) is 0 Å². The molecule has 2 nitrogen and oxygen atoms in total. The van der Waals surface area contributed by atoms with E-state index < -0.39 is 0 Å². The lowest BCUT2D eigenvalue weighted by molar-refractivity contribution is -0.0721. The number of unbranched alkanes of at least 4 members (excludes halogenated alkanes) is 3. The summed E-state index contributed by atoms with van der Waals surface area (Å²) in [6, 6.07) is 8.68. The van der Waals surface area contributed by atoms with E-state index in [0.717, 1.165) is 18.6 Å². The Morgan fingerprint density at radius 1 is 1.00 bits per heavy atom. The summed E-state index contributed by atoms with van der Waals surface area (Å²) >= 11 is 0. The minimum Gasteiger partial charge on any atom is -0.490 e. The maximum absolute atomic E-state index is 6.11. The van der Waals surface area contributed by atoms with Crippen LogP contribution < -0.4 is 4.74 Å². The third-order valence-corrected chi connectivity index (χ3v) is 4.20. The highest BCUT2D eigenvalue weighted by Crippen LogP contribution is 2.24. The van der Waals surface area contributed by atoms with Crippen LogP contribution in [0.2, 0.25) is 0 Å². The predicted molar refractivity (Wildman–Crippen MR) is 87.9 cm³/mol. The van der Waals surface area contributed by atoms with Crippen molar-refractivity contribution >= 4 is 0 Å². The van der Waals surface area contributed by atoms with Crippen molar-refractivity contribution in [1.82, 2.24) is 0 Å². The topological polar surface area (TPSA) is 18.5 Å². The molecule has 1 aliphatic heterocycles. The summed E-state index contributed by atoms with van der Waals surface area (Å²) in [5.41, 5.74) is 1.42. The van der Waals surface area contributed by atoms with Gasteiger partial charge in [-0.05, 0) is 44.4 Å². The Labute approximate surface area is 129 Å². The van der Waals surface area contributed by atoms with Gasteiger partial charge >= 0.3 is 0 Å². The third kappa shape index (κ3) is 5.70. The molecule has 0 saturated carbocycles. The largest absolute Gasteiger partial charge is 0.490 e. The molecule has 1 saturated heterocycles. The van der Waals surface area contributed by atoms with Crippen LogP contribution in [-0.2, 0) is 11.2 Å². The van der Waals surface area contributed by atoms with Gasteiger partial charge in [0.2, 0.25) is 0 Å². The fraction of sp³-hybridized carbons (Fsp3) is 0.684. The van der Waals surface area contributed by atoms with Crippen molar-refractivity contribution in [2.45, 2.75) is 84.0 Å². The highest BCUT2D eigenvalue weighted by molar-refractivity contribution is 5.27. The van der Waals surface area contributed by atoms with E-state index in [4.69, 9.17) is 9.47 Å². The van der Waals surface area contributed by atoms with E-state index in [1.54, 1.807) is 0 Å². The van der Waals surface area contributed by atoms with Gasteiger partial charge in [-0.1, -0.05) is 38.3 Å². The molecular weight excluding hydrogens is 260 g/mol. The van der Waals surface area contributed by atoms with Gasteiger partial charge in [0.25, 0.3) is 0 Å². The van der Waals surface area contributed by atoms with E-state index >= 15 is 0 Å². The van der Waals surface area contributed by atoms with Gasteiger partial charge in [0, 0.05) is 12.8 Å². The van der Waals surface area contributed by atoms with Crippen LogP contribution in [0.1, 0.15) is 64.9 Å². The molecule has 0 amide bonds. The molecular formula is C19H30O2. The molecule has 0 bridgehead atoms. The molecule has 2 rings (SSSR count). The van der Waals surface area contributed by atoms with Gasteiger partial charge in [-0.25, -0.2) is 0 Å². The minimum absolute atomic E-state index is 0.291. The molecule has 1 heterocycles. The zero-order chi connectivity index (χ0) is 15.1. The molecule has 0 spiro atoms. The van der Waals surface area contributed by atoms with Crippen LogP contribution in [0.3, 0.4) is 0 Å². The maximum Gasteiger partial charge on any atom is 0.119 e. The minimum atomic E-state index is 0.291. The zero-order valence-electron chi connectivity index (χ0n) is 13.8. The zero-order valence-corrected chi connectivity index (χ0v) is 13.8. The Morgan fingerprint density at radius 3 is 2.29 bits per heavy atom. The fourth-order valence-corrected chi connectivity index (χ4v) is 3.12. The fourth-order valence-electron chi connectivity index (χ4n) is 3.12. The van der Waals surface area contributed by atoms with Crippen LogP contribution in [0.5, 0.6) is 5.75 Å². The van der Waals surface area contributed by atoms with Crippen LogP contribution in [0.15, 0.2) is 24.3 Å². The lowest BCUT2D eigenvalue weighted by atomic mass is 10.0. The van der Waals surface area contributed by atoms with Gasteiger partial charge in [-0.15, -0.1) is 0 Å². The van der Waals surface area contributed by atoms with Gasteiger partial charge in [-0.3, -0.25) is 0 Å². The molecule has 0 N–H and O–H groups in total. The number of ether oxygens (including phenoxy) is 2. The third-order valence-electron chi connectivity index (χ3n) is 4.20. The lowest BCUT2D eigenvalue weighted by Crippen LogP contribution is -2.35. The average Bonchev–Trinajstić information content (AvgIpc) is 2.44. The van der Waals surface area contributed by atoms with E-state index in [1.165, 1.54) is 37.7 Å². The summed E-state index contributed by atoms with van der Waals surface area (Å²) in [6.45, 7) is 6.51. The van der Waals surface area contributed by atoms with E-state index in [0.29, 0.717) is 18.3 Å². The van der Waals surface area contributed by atoms with Crippen molar-refractivity contribution in [3.63, 3.8) is 0 Å². The molecule has 2 unspecified atom stereocenters. The Balaban J connectivity index is 1.79. The summed E-state index contributed by atoms with van der Waals surface area (Å²) in [4.78, 5) is 0. The van der Waals surface area contributed by atoms with E-state index in [2.05, 4.69) is 45.0 Å². The quantitative estimate of drug-likeness (QED) is 0.647. The Bertz CT molecular complexity index is 389. The number of hydrogen-bond donors (Lipinski definition) is 0. The molecule has 0 aliphatic carbocycles. The van der Waals surface area contributed by atoms with Crippen molar-refractivity contribution in [3.8, 4) is 5.75 Å². The van der Waals surface area contributed by atoms with Crippen LogP contribution in [0.4, 0.5) is 0 Å². The SMILES string of the molecule is CCCCCCc1ccc(OC2CC(C)OC(C)C2)cc1. The molecule has 0 radical (unpaired) electrons. The standard InChI is InChI=1S/C19H30O2/c1-4-5-6-7-8-17-9-11-18(12-10-17)21-19-13-15(2)20-16(3)14-19/h9-12,15-16,19H,4-8,13-14H2,1-3H3. The Kier molecular flexibility index (Phi) is 6.56. The van der Waals surface area contributed by atoms with Crippen molar-refractivity contribution in [1.29, 1.82) is 0 Å². The average molecular weight is 290 g/mol. The van der Waals surface area contributed by atoms with Gasteiger partial charge < -0.3 is 9.47 Å². The Hall–Kier alpha value is -1.02. The first kappa shape index (κ1) is 16.4. The summed E-state index contributed by atoms with van der Waals surface area (Å²) in [5, 5.41) is 0.